The van der Waals surface area contributed by atoms with Crippen molar-refractivity contribution >= 4 is 38.6 Å². The van der Waals surface area contributed by atoms with Gasteiger partial charge in [-0.05, 0) is 108 Å². The highest BCUT2D eigenvalue weighted by Gasteiger charge is 2.39. The lowest BCUT2D eigenvalue weighted by Gasteiger charge is -2.29. The number of hydrogen-bond acceptors (Lipinski definition) is 1. The van der Waals surface area contributed by atoms with Crippen LogP contribution in [0.15, 0.2) is 200 Å². The Bertz CT molecular complexity index is 2730. The number of benzene rings is 9. The fourth-order valence-corrected chi connectivity index (χ4v) is 9.09. The highest BCUT2D eigenvalue weighted by molar-refractivity contribution is 6.00. The lowest BCUT2D eigenvalue weighted by molar-refractivity contribution is 0.564. The predicted molar refractivity (Wildman–Crippen MR) is 235 cm³/mol. The molecule has 0 aromatic heterocycles. The summed E-state index contributed by atoms with van der Waals surface area (Å²) in [5.74, 6) is 0. The van der Waals surface area contributed by atoms with Crippen LogP contribution >= 0.6 is 0 Å². The third-order valence-corrected chi connectivity index (χ3v) is 12.0. The van der Waals surface area contributed by atoms with E-state index in [0.29, 0.717) is 0 Å². The molecule has 0 radical (unpaired) electrons. The van der Waals surface area contributed by atoms with Gasteiger partial charge in [-0.25, -0.2) is 0 Å². The standard InChI is InChI=1S/C54H41N/c1-3-54(2)50-26-10-8-22-49(50)53-48(25-14-27-51(53)54)47-21-9-11-28-52(47)55(41-33-29-39(30-34-41)45-23-12-17-37-15-4-6-19-43(37)45)42-35-31-40(32-36-42)46-24-13-18-38-16-5-7-20-44(38)46/h4-36H,3H2,1-2H3. The van der Waals surface area contributed by atoms with E-state index in [2.05, 4.69) is 219 Å². The molecule has 0 saturated heterocycles. The first-order valence-electron chi connectivity index (χ1n) is 19.4. The van der Waals surface area contributed by atoms with Gasteiger partial charge in [0.1, 0.15) is 0 Å². The van der Waals surface area contributed by atoms with Crippen molar-refractivity contribution in [2.75, 3.05) is 4.90 Å². The second kappa shape index (κ2) is 13.3. The van der Waals surface area contributed by atoms with Gasteiger partial charge in [0.15, 0.2) is 0 Å². The summed E-state index contributed by atoms with van der Waals surface area (Å²) in [6.45, 7) is 4.73. The fraction of sp³-hybridized carbons (Fsp3) is 0.0741. The molecule has 0 fully saturated rings. The van der Waals surface area contributed by atoms with Gasteiger partial charge in [-0.15, -0.1) is 0 Å². The molecule has 0 spiro atoms. The summed E-state index contributed by atoms with van der Waals surface area (Å²) in [5.41, 5.74) is 16.2. The summed E-state index contributed by atoms with van der Waals surface area (Å²) in [6, 6.07) is 73.6. The van der Waals surface area contributed by atoms with E-state index in [1.807, 2.05) is 0 Å². The Balaban J connectivity index is 1.15. The molecule has 1 aliphatic carbocycles. The van der Waals surface area contributed by atoms with Crippen LogP contribution in [0.3, 0.4) is 0 Å². The van der Waals surface area contributed by atoms with Crippen LogP contribution in [0.1, 0.15) is 31.4 Å². The number of anilines is 3. The Kier molecular flexibility index (Phi) is 7.96. The highest BCUT2D eigenvalue weighted by Crippen LogP contribution is 2.55. The van der Waals surface area contributed by atoms with Crippen molar-refractivity contribution in [3.05, 3.63) is 211 Å². The molecule has 1 nitrogen and oxygen atoms in total. The Morgan fingerprint density at radius 1 is 0.382 bits per heavy atom. The molecule has 262 valence electrons. The maximum absolute atomic E-state index is 2.44. The van der Waals surface area contributed by atoms with Gasteiger partial charge in [-0.2, -0.15) is 0 Å². The van der Waals surface area contributed by atoms with Crippen LogP contribution in [-0.4, -0.2) is 0 Å². The van der Waals surface area contributed by atoms with Crippen molar-refractivity contribution < 1.29 is 0 Å². The minimum Gasteiger partial charge on any atom is -0.310 e. The topological polar surface area (TPSA) is 3.24 Å². The van der Waals surface area contributed by atoms with E-state index in [4.69, 9.17) is 0 Å². The van der Waals surface area contributed by atoms with Gasteiger partial charge in [-0.1, -0.05) is 184 Å². The van der Waals surface area contributed by atoms with Crippen LogP contribution in [0.4, 0.5) is 17.1 Å². The SMILES string of the molecule is CCC1(C)c2ccccc2-c2c(-c3ccccc3N(c3ccc(-c4cccc5ccccc45)cc3)c3ccc(-c4cccc5ccccc45)cc3)cccc21. The molecule has 0 heterocycles. The molecule has 0 amide bonds. The molecule has 0 aliphatic heterocycles. The van der Waals surface area contributed by atoms with Crippen LogP contribution in [0.5, 0.6) is 0 Å². The van der Waals surface area contributed by atoms with Crippen molar-refractivity contribution in [2.45, 2.75) is 25.7 Å². The quantitative estimate of drug-likeness (QED) is 0.160. The molecule has 0 N–H and O–H groups in total. The van der Waals surface area contributed by atoms with E-state index in [0.717, 1.165) is 23.5 Å². The van der Waals surface area contributed by atoms with Gasteiger partial charge in [0, 0.05) is 22.4 Å². The second-order valence-corrected chi connectivity index (χ2v) is 15.0. The molecule has 55 heavy (non-hydrogen) atoms. The molecule has 10 rings (SSSR count). The lowest BCUT2D eigenvalue weighted by atomic mass is 9.77. The molecule has 0 saturated carbocycles. The molecule has 1 unspecified atom stereocenters. The highest BCUT2D eigenvalue weighted by atomic mass is 15.1. The minimum absolute atomic E-state index is 0.0363. The number of para-hydroxylation sites is 1. The normalized spacial score (nSPS) is 14.5. The summed E-state index contributed by atoms with van der Waals surface area (Å²) in [6.07, 6.45) is 1.04. The summed E-state index contributed by atoms with van der Waals surface area (Å²) in [4.78, 5) is 2.44. The first-order chi connectivity index (χ1) is 27.1. The van der Waals surface area contributed by atoms with Crippen molar-refractivity contribution in [2.24, 2.45) is 0 Å². The van der Waals surface area contributed by atoms with Gasteiger partial charge in [-0.3, -0.25) is 0 Å². The van der Waals surface area contributed by atoms with E-state index in [1.165, 1.54) is 77.2 Å². The van der Waals surface area contributed by atoms with Gasteiger partial charge >= 0.3 is 0 Å². The third kappa shape index (κ3) is 5.38. The van der Waals surface area contributed by atoms with Crippen LogP contribution < -0.4 is 4.90 Å². The number of fused-ring (bicyclic) bond motifs is 5. The van der Waals surface area contributed by atoms with Gasteiger partial charge in [0.2, 0.25) is 0 Å². The second-order valence-electron chi connectivity index (χ2n) is 15.0. The van der Waals surface area contributed by atoms with Crippen molar-refractivity contribution in [3.8, 4) is 44.5 Å². The average Bonchev–Trinajstić information content (AvgIpc) is 3.52. The Hall–Kier alpha value is -6.70. The average molecular weight is 704 g/mol. The maximum Gasteiger partial charge on any atom is 0.0540 e. The monoisotopic (exact) mass is 703 g/mol. The first kappa shape index (κ1) is 32.9. The van der Waals surface area contributed by atoms with Crippen LogP contribution in [0.25, 0.3) is 66.1 Å². The first-order valence-corrected chi connectivity index (χ1v) is 19.4. The van der Waals surface area contributed by atoms with Gasteiger partial charge < -0.3 is 4.90 Å². The Morgan fingerprint density at radius 2 is 0.818 bits per heavy atom. The number of rotatable bonds is 7. The number of hydrogen-bond donors (Lipinski definition) is 0. The van der Waals surface area contributed by atoms with E-state index < -0.39 is 0 Å². The van der Waals surface area contributed by atoms with Gasteiger partial charge in [0.25, 0.3) is 0 Å². The molecule has 1 atom stereocenters. The molecule has 1 heteroatoms. The Morgan fingerprint density at radius 3 is 1.42 bits per heavy atom. The van der Waals surface area contributed by atoms with Crippen molar-refractivity contribution in [1.82, 2.24) is 0 Å². The zero-order valence-electron chi connectivity index (χ0n) is 31.2. The van der Waals surface area contributed by atoms with Crippen molar-refractivity contribution in [1.29, 1.82) is 0 Å². The van der Waals surface area contributed by atoms with Crippen molar-refractivity contribution in [3.63, 3.8) is 0 Å². The molecular formula is C54H41N. The minimum atomic E-state index is -0.0363. The van der Waals surface area contributed by atoms with Crippen LogP contribution in [0, 0.1) is 0 Å². The zero-order chi connectivity index (χ0) is 36.9. The van der Waals surface area contributed by atoms with Crippen LogP contribution in [-0.2, 0) is 5.41 Å². The summed E-state index contributed by atoms with van der Waals surface area (Å²) >= 11 is 0. The largest absolute Gasteiger partial charge is 0.310 e. The molecule has 1 aliphatic rings. The lowest BCUT2D eigenvalue weighted by Crippen LogP contribution is -2.19. The summed E-state index contributed by atoms with van der Waals surface area (Å²) < 4.78 is 0. The van der Waals surface area contributed by atoms with E-state index >= 15 is 0 Å². The maximum atomic E-state index is 2.44. The molecule has 9 aromatic rings. The third-order valence-electron chi connectivity index (χ3n) is 12.0. The summed E-state index contributed by atoms with van der Waals surface area (Å²) in [5, 5.41) is 5.03. The van der Waals surface area contributed by atoms with E-state index in [1.54, 1.807) is 0 Å². The fourth-order valence-electron chi connectivity index (χ4n) is 9.09. The Labute approximate surface area is 323 Å². The van der Waals surface area contributed by atoms with Gasteiger partial charge in [0.05, 0.1) is 5.69 Å². The number of nitrogens with zero attached hydrogens (tertiary/aromatic N) is 1. The predicted octanol–water partition coefficient (Wildman–Crippen LogP) is 15.2. The van der Waals surface area contributed by atoms with E-state index in [9.17, 15) is 0 Å². The summed E-state index contributed by atoms with van der Waals surface area (Å²) in [7, 11) is 0. The smallest absolute Gasteiger partial charge is 0.0540 e. The zero-order valence-corrected chi connectivity index (χ0v) is 31.2. The molecule has 9 aromatic carbocycles. The molecule has 0 bridgehead atoms. The van der Waals surface area contributed by atoms with E-state index in [-0.39, 0.29) is 5.41 Å². The van der Waals surface area contributed by atoms with Crippen LogP contribution in [0.2, 0.25) is 0 Å². The molecular weight excluding hydrogens is 663 g/mol.